The molecule has 2 aromatic rings. The number of aryl methyl sites for hydroxylation is 1. The van der Waals surface area contributed by atoms with E-state index in [-0.39, 0.29) is 5.82 Å². The zero-order chi connectivity index (χ0) is 19.8. The molecule has 2 rings (SSSR count). The minimum Gasteiger partial charge on any atom is -0.352 e. The van der Waals surface area contributed by atoms with Crippen LogP contribution < -0.4 is 10.6 Å². The van der Waals surface area contributed by atoms with E-state index in [1.807, 2.05) is 25.1 Å². The van der Waals surface area contributed by atoms with Crippen molar-refractivity contribution in [2.24, 2.45) is 4.99 Å². The Hall–Kier alpha value is -2.05. The van der Waals surface area contributed by atoms with Crippen molar-refractivity contribution >= 4 is 17.7 Å². The molecule has 146 valence electrons. The summed E-state index contributed by atoms with van der Waals surface area (Å²) < 4.78 is 13.9. The lowest BCUT2D eigenvalue weighted by Crippen LogP contribution is -2.36. The fraction of sp³-hybridized carbons (Fsp3) is 0.381. The van der Waals surface area contributed by atoms with E-state index in [9.17, 15) is 4.39 Å². The molecule has 27 heavy (non-hydrogen) atoms. The van der Waals surface area contributed by atoms with Crippen molar-refractivity contribution in [2.45, 2.75) is 31.5 Å². The highest BCUT2D eigenvalue weighted by molar-refractivity contribution is 7.98. The highest BCUT2D eigenvalue weighted by Gasteiger charge is 2.07. The maximum Gasteiger partial charge on any atom is 0.191 e. The van der Waals surface area contributed by atoms with Gasteiger partial charge in [-0.1, -0.05) is 18.2 Å². The van der Waals surface area contributed by atoms with Gasteiger partial charge in [-0.25, -0.2) is 4.39 Å². The molecule has 2 N–H and O–H groups in total. The van der Waals surface area contributed by atoms with Crippen LogP contribution in [0.3, 0.4) is 0 Å². The highest BCUT2D eigenvalue weighted by Crippen LogP contribution is 2.21. The van der Waals surface area contributed by atoms with Crippen LogP contribution in [0.15, 0.2) is 46.3 Å². The average molecular weight is 389 g/mol. The van der Waals surface area contributed by atoms with Crippen LogP contribution in [0.5, 0.6) is 0 Å². The van der Waals surface area contributed by atoms with Crippen LogP contribution in [-0.4, -0.2) is 38.3 Å². The predicted octanol–water partition coefficient (Wildman–Crippen LogP) is 3.78. The summed E-state index contributed by atoms with van der Waals surface area (Å²) >= 11 is 1.75. The lowest BCUT2D eigenvalue weighted by Gasteiger charge is -2.15. The van der Waals surface area contributed by atoms with Gasteiger partial charge in [0.25, 0.3) is 0 Å². The molecular formula is C21H29FN4S. The Balaban J connectivity index is 1.96. The van der Waals surface area contributed by atoms with Crippen molar-refractivity contribution in [3.8, 4) is 0 Å². The lowest BCUT2D eigenvalue weighted by molar-refractivity contribution is 0.392. The van der Waals surface area contributed by atoms with Gasteiger partial charge in [-0.15, -0.1) is 11.8 Å². The molecule has 0 heterocycles. The number of rotatable bonds is 7. The Morgan fingerprint density at radius 2 is 1.81 bits per heavy atom. The van der Waals surface area contributed by atoms with E-state index in [1.54, 1.807) is 24.9 Å². The standard InChI is InChI=1S/C21H29FN4S/c1-15-6-8-17(20(10-15)27-5)13-25-21(23-2)24-12-16-7-9-19(22)18(11-16)14-26(3)4/h6-11H,12-14H2,1-5H3,(H2,23,24,25). The van der Waals surface area contributed by atoms with Crippen molar-refractivity contribution in [1.29, 1.82) is 0 Å². The topological polar surface area (TPSA) is 39.7 Å². The number of thioether (sulfide) groups is 1. The second-order valence-electron chi connectivity index (χ2n) is 6.76. The van der Waals surface area contributed by atoms with Crippen molar-refractivity contribution < 1.29 is 4.39 Å². The summed E-state index contributed by atoms with van der Waals surface area (Å²) in [7, 11) is 5.62. The number of benzene rings is 2. The minimum atomic E-state index is -0.168. The number of halogens is 1. The van der Waals surface area contributed by atoms with Gasteiger partial charge in [0.15, 0.2) is 5.96 Å². The van der Waals surface area contributed by atoms with Crippen LogP contribution in [0.2, 0.25) is 0 Å². The van der Waals surface area contributed by atoms with Gasteiger partial charge >= 0.3 is 0 Å². The summed E-state index contributed by atoms with van der Waals surface area (Å²) in [5.41, 5.74) is 4.23. The van der Waals surface area contributed by atoms with Crippen LogP contribution in [0.1, 0.15) is 22.3 Å². The maximum absolute atomic E-state index is 13.9. The molecule has 2 aromatic carbocycles. The zero-order valence-corrected chi connectivity index (χ0v) is 17.6. The molecule has 4 nitrogen and oxygen atoms in total. The molecule has 0 unspecified atom stereocenters. The quantitative estimate of drug-likeness (QED) is 0.430. The van der Waals surface area contributed by atoms with Crippen molar-refractivity contribution in [2.75, 3.05) is 27.4 Å². The van der Waals surface area contributed by atoms with Gasteiger partial charge in [0, 0.05) is 37.1 Å². The third-order valence-corrected chi connectivity index (χ3v) is 4.99. The molecule has 0 saturated heterocycles. The molecule has 0 fully saturated rings. The SMILES string of the molecule is CN=C(NCc1ccc(F)c(CN(C)C)c1)NCc1ccc(C)cc1SC. The monoisotopic (exact) mass is 388 g/mol. The van der Waals surface area contributed by atoms with E-state index in [4.69, 9.17) is 0 Å². The number of nitrogens with one attached hydrogen (secondary N) is 2. The number of hydrogen-bond acceptors (Lipinski definition) is 3. The third-order valence-electron chi connectivity index (χ3n) is 4.17. The zero-order valence-electron chi connectivity index (χ0n) is 16.8. The molecule has 0 spiro atoms. The smallest absolute Gasteiger partial charge is 0.191 e. The Labute approximate surface area is 166 Å². The minimum absolute atomic E-state index is 0.168. The van der Waals surface area contributed by atoms with E-state index in [2.05, 4.69) is 47.0 Å². The molecule has 0 bridgehead atoms. The number of guanidine groups is 1. The second kappa shape index (κ2) is 10.3. The van der Waals surface area contributed by atoms with Crippen molar-refractivity contribution in [1.82, 2.24) is 15.5 Å². The first kappa shape index (κ1) is 21.3. The van der Waals surface area contributed by atoms with Gasteiger partial charge in [-0.05, 0) is 62.2 Å². The summed E-state index contributed by atoms with van der Waals surface area (Å²) in [6.07, 6.45) is 2.09. The van der Waals surface area contributed by atoms with Crippen LogP contribution in [0.4, 0.5) is 4.39 Å². The fourth-order valence-electron chi connectivity index (χ4n) is 2.78. The van der Waals surface area contributed by atoms with Gasteiger partial charge in [-0.2, -0.15) is 0 Å². The van der Waals surface area contributed by atoms with E-state index in [0.29, 0.717) is 25.2 Å². The van der Waals surface area contributed by atoms with E-state index >= 15 is 0 Å². The molecule has 0 atom stereocenters. The van der Waals surface area contributed by atoms with E-state index in [1.165, 1.54) is 22.1 Å². The van der Waals surface area contributed by atoms with Gasteiger partial charge < -0.3 is 15.5 Å². The molecule has 0 saturated carbocycles. The second-order valence-corrected chi connectivity index (χ2v) is 7.61. The van der Waals surface area contributed by atoms with Crippen molar-refractivity contribution in [3.05, 3.63) is 64.5 Å². The Morgan fingerprint density at radius 3 is 2.48 bits per heavy atom. The summed E-state index contributed by atoms with van der Waals surface area (Å²) in [6.45, 7) is 3.97. The Morgan fingerprint density at radius 1 is 1.07 bits per heavy atom. The average Bonchev–Trinajstić information content (AvgIpc) is 2.64. The number of nitrogens with zero attached hydrogens (tertiary/aromatic N) is 2. The van der Waals surface area contributed by atoms with Crippen LogP contribution >= 0.6 is 11.8 Å². The molecular weight excluding hydrogens is 359 g/mol. The van der Waals surface area contributed by atoms with Crippen molar-refractivity contribution in [3.63, 3.8) is 0 Å². The molecule has 0 aliphatic carbocycles. The first-order valence-corrected chi connectivity index (χ1v) is 10.2. The predicted molar refractivity (Wildman–Crippen MR) is 114 cm³/mol. The maximum atomic E-state index is 13.9. The number of aliphatic imine (C=N–C) groups is 1. The molecule has 0 aromatic heterocycles. The molecule has 0 aliphatic rings. The molecule has 0 radical (unpaired) electrons. The molecule has 0 amide bonds. The molecule has 0 aliphatic heterocycles. The van der Waals surface area contributed by atoms with Gasteiger partial charge in [-0.3, -0.25) is 4.99 Å². The van der Waals surface area contributed by atoms with E-state index < -0.39 is 0 Å². The number of hydrogen-bond donors (Lipinski definition) is 2. The molecule has 6 heteroatoms. The summed E-state index contributed by atoms with van der Waals surface area (Å²) in [5, 5.41) is 6.65. The Bertz CT molecular complexity index is 790. The first-order valence-electron chi connectivity index (χ1n) is 8.93. The Kier molecular flexibility index (Phi) is 8.13. The van der Waals surface area contributed by atoms with Crippen LogP contribution in [0, 0.1) is 12.7 Å². The van der Waals surface area contributed by atoms with Gasteiger partial charge in [0.05, 0.1) is 0 Å². The van der Waals surface area contributed by atoms with Gasteiger partial charge in [0.2, 0.25) is 0 Å². The summed E-state index contributed by atoms with van der Waals surface area (Å²) in [5.74, 6) is 0.556. The highest BCUT2D eigenvalue weighted by atomic mass is 32.2. The largest absolute Gasteiger partial charge is 0.352 e. The van der Waals surface area contributed by atoms with Crippen LogP contribution in [-0.2, 0) is 19.6 Å². The normalized spacial score (nSPS) is 11.7. The van der Waals surface area contributed by atoms with Gasteiger partial charge in [0.1, 0.15) is 5.82 Å². The summed E-state index contributed by atoms with van der Waals surface area (Å²) in [4.78, 5) is 7.51. The van der Waals surface area contributed by atoms with E-state index in [0.717, 1.165) is 11.5 Å². The third kappa shape index (κ3) is 6.56. The van der Waals surface area contributed by atoms with Crippen LogP contribution in [0.25, 0.3) is 0 Å². The lowest BCUT2D eigenvalue weighted by atomic mass is 10.1. The fourth-order valence-corrected chi connectivity index (χ4v) is 3.49. The first-order chi connectivity index (χ1) is 12.9. The summed E-state index contributed by atoms with van der Waals surface area (Å²) in [6, 6.07) is 11.7.